The highest BCUT2D eigenvalue weighted by Crippen LogP contribution is 2.56. The van der Waals surface area contributed by atoms with Crippen LogP contribution >= 0.6 is 0 Å². The van der Waals surface area contributed by atoms with Crippen molar-refractivity contribution in [2.75, 3.05) is 13.2 Å². The van der Waals surface area contributed by atoms with Gasteiger partial charge in [-0.3, -0.25) is 0 Å². The van der Waals surface area contributed by atoms with Crippen LogP contribution in [0.25, 0.3) is 76.8 Å². The minimum atomic E-state index is -0.524. The molecule has 0 saturated carbocycles. The molecule has 4 heteroatoms. The van der Waals surface area contributed by atoms with Gasteiger partial charge in [0, 0.05) is 17.6 Å². The molecular formula is C62H54O4. The second-order valence-corrected chi connectivity index (χ2v) is 19.0. The van der Waals surface area contributed by atoms with Gasteiger partial charge >= 0.3 is 11.9 Å². The lowest BCUT2D eigenvalue weighted by Crippen LogP contribution is -2.27. The van der Waals surface area contributed by atoms with Crippen LogP contribution in [0.3, 0.4) is 0 Å². The van der Waals surface area contributed by atoms with Crippen LogP contribution < -0.4 is 0 Å². The third-order valence-electron chi connectivity index (χ3n) is 14.6. The number of carbonyl (C=O) groups is 2. The van der Waals surface area contributed by atoms with E-state index in [0.29, 0.717) is 12.8 Å². The van der Waals surface area contributed by atoms with Crippen molar-refractivity contribution in [2.24, 2.45) is 0 Å². The lowest BCUT2D eigenvalue weighted by molar-refractivity contribution is -0.138. The molecule has 0 saturated heterocycles. The molecule has 0 bridgehead atoms. The summed E-state index contributed by atoms with van der Waals surface area (Å²) in [6.07, 6.45) is 9.24. The maximum atomic E-state index is 12.2. The first-order valence-corrected chi connectivity index (χ1v) is 23.1. The zero-order chi connectivity index (χ0) is 46.0. The van der Waals surface area contributed by atoms with E-state index >= 15 is 0 Å². The van der Waals surface area contributed by atoms with Crippen LogP contribution in [0.5, 0.6) is 0 Å². The lowest BCUT2D eigenvalue weighted by atomic mass is 9.71. The van der Waals surface area contributed by atoms with Gasteiger partial charge in [-0.05, 0) is 154 Å². The minimum absolute atomic E-state index is 0.0132. The SMILES string of the molecule is C=CC(=O)OCCCC1(CCCOC(=O)C=C)c2ccccc2-c2ccc(-c3cc(-c4ccc5c(c4)C(C=C)(C=C)c4ccccc4-5)c4ccc5cc(C(C)(C)C)cc6ccc3c4c56)cc21. The van der Waals surface area contributed by atoms with Gasteiger partial charge < -0.3 is 9.47 Å². The van der Waals surface area contributed by atoms with Gasteiger partial charge in [0.05, 0.1) is 18.6 Å². The van der Waals surface area contributed by atoms with Crippen LogP contribution in [0.2, 0.25) is 0 Å². The topological polar surface area (TPSA) is 52.6 Å². The first-order valence-electron chi connectivity index (χ1n) is 23.1. The van der Waals surface area contributed by atoms with Crippen LogP contribution in [0, 0.1) is 0 Å². The van der Waals surface area contributed by atoms with Gasteiger partial charge in [0.15, 0.2) is 0 Å². The molecule has 2 aliphatic rings. The number of carbonyl (C=O) groups excluding carboxylic acids is 2. The van der Waals surface area contributed by atoms with E-state index in [4.69, 9.17) is 9.47 Å². The summed E-state index contributed by atoms with van der Waals surface area (Å²) < 4.78 is 11.1. The molecule has 0 amide bonds. The Morgan fingerprint density at radius 2 is 1.00 bits per heavy atom. The highest BCUT2D eigenvalue weighted by atomic mass is 16.5. The molecule has 66 heavy (non-hydrogen) atoms. The summed E-state index contributed by atoms with van der Waals surface area (Å²) in [6.45, 7) is 23.3. The van der Waals surface area contributed by atoms with E-state index in [2.05, 4.69) is 174 Å². The summed E-state index contributed by atoms with van der Waals surface area (Å²) in [4.78, 5) is 24.4. The molecule has 8 aromatic carbocycles. The number of hydrogen-bond donors (Lipinski definition) is 0. The molecule has 8 aromatic rings. The summed E-state index contributed by atoms with van der Waals surface area (Å²) in [5, 5.41) is 7.40. The predicted molar refractivity (Wildman–Crippen MR) is 273 cm³/mol. The molecule has 0 spiro atoms. The molecule has 0 unspecified atom stereocenters. The zero-order valence-corrected chi connectivity index (χ0v) is 38.1. The van der Waals surface area contributed by atoms with Gasteiger partial charge in [-0.1, -0.05) is 155 Å². The molecule has 0 aliphatic heterocycles. The number of hydrogen-bond acceptors (Lipinski definition) is 4. The standard InChI is InChI=1S/C62H54O4/c1-8-56(63)65-32-16-30-62(31-17-33-66-57(64)9-2)53-21-15-13-19-45(53)47-27-23-40(37-55(47)62)51-38-50(39-22-26-46-44-18-12-14-20-52(44)61(10-3,11-4)54(46)36-39)48-28-24-41-34-43(60(5,6)7)35-42-25-29-49(51)59(48)58(41)42/h8-15,18-29,34-38H,1-4,16-17,30-33H2,5-7H3. The van der Waals surface area contributed by atoms with E-state index in [1.165, 1.54) is 94.5 Å². The number of rotatable bonds is 14. The fourth-order valence-electron chi connectivity index (χ4n) is 11.4. The van der Waals surface area contributed by atoms with E-state index in [1.54, 1.807) is 0 Å². The van der Waals surface area contributed by atoms with Gasteiger partial charge in [0.1, 0.15) is 0 Å². The molecule has 0 N–H and O–H groups in total. The van der Waals surface area contributed by atoms with Crippen LogP contribution in [0.15, 0.2) is 178 Å². The molecule has 10 rings (SSSR count). The van der Waals surface area contributed by atoms with Gasteiger partial charge in [0.2, 0.25) is 0 Å². The number of allylic oxidation sites excluding steroid dienone is 2. The first-order chi connectivity index (χ1) is 32.0. The first kappa shape index (κ1) is 42.6. The second kappa shape index (κ2) is 16.3. The normalized spacial score (nSPS) is 14.0. The van der Waals surface area contributed by atoms with Crippen molar-refractivity contribution in [3.63, 3.8) is 0 Å². The molecule has 0 aromatic heterocycles. The summed E-state index contributed by atoms with van der Waals surface area (Å²) in [5.74, 6) is -0.858. The lowest BCUT2D eigenvalue weighted by Gasteiger charge is -2.33. The molecule has 4 nitrogen and oxygen atoms in total. The van der Waals surface area contributed by atoms with E-state index < -0.39 is 22.8 Å². The highest BCUT2D eigenvalue weighted by Gasteiger charge is 2.43. The van der Waals surface area contributed by atoms with Crippen LogP contribution in [-0.4, -0.2) is 25.2 Å². The van der Waals surface area contributed by atoms with E-state index in [1.807, 2.05) is 12.2 Å². The van der Waals surface area contributed by atoms with Crippen molar-refractivity contribution >= 4 is 44.3 Å². The van der Waals surface area contributed by atoms with E-state index in [9.17, 15) is 9.59 Å². The Kier molecular flexibility index (Phi) is 10.5. The quantitative estimate of drug-likeness (QED) is 0.0359. The molecule has 326 valence electrons. The number of fused-ring (bicyclic) bond motifs is 6. The van der Waals surface area contributed by atoms with Gasteiger partial charge in [-0.25, -0.2) is 9.59 Å². The van der Waals surface area contributed by atoms with Crippen molar-refractivity contribution in [1.29, 1.82) is 0 Å². The second-order valence-electron chi connectivity index (χ2n) is 19.0. The third-order valence-corrected chi connectivity index (χ3v) is 14.6. The molecule has 0 heterocycles. The molecule has 0 atom stereocenters. The fraction of sp³-hybridized carbons (Fsp3) is 0.194. The van der Waals surface area contributed by atoms with E-state index in [0.717, 1.165) is 35.1 Å². The van der Waals surface area contributed by atoms with Gasteiger partial charge in [0.25, 0.3) is 0 Å². The van der Waals surface area contributed by atoms with Crippen molar-refractivity contribution < 1.29 is 19.1 Å². The molecular weight excluding hydrogens is 809 g/mol. The Balaban J connectivity index is 1.21. The summed E-state index contributed by atoms with van der Waals surface area (Å²) in [7, 11) is 0. The average molecular weight is 863 g/mol. The van der Waals surface area contributed by atoms with Crippen LogP contribution in [-0.2, 0) is 35.3 Å². The monoisotopic (exact) mass is 862 g/mol. The van der Waals surface area contributed by atoms with Crippen molar-refractivity contribution in [1.82, 2.24) is 0 Å². The Labute approximate surface area is 387 Å². The largest absolute Gasteiger partial charge is 0.463 e. The number of esters is 2. The summed E-state index contributed by atoms with van der Waals surface area (Å²) in [6, 6.07) is 47.6. The molecule has 2 aliphatic carbocycles. The summed E-state index contributed by atoms with van der Waals surface area (Å²) in [5.41, 5.74) is 14.6. The number of ether oxygens (including phenoxy) is 2. The molecule has 0 radical (unpaired) electrons. The maximum Gasteiger partial charge on any atom is 0.330 e. The van der Waals surface area contributed by atoms with Gasteiger partial charge in [-0.15, -0.1) is 13.2 Å². The van der Waals surface area contributed by atoms with Crippen molar-refractivity contribution in [3.8, 4) is 44.5 Å². The Bertz CT molecular complexity index is 3260. The Hall–Kier alpha value is -7.30. The van der Waals surface area contributed by atoms with Gasteiger partial charge in [-0.2, -0.15) is 0 Å². The summed E-state index contributed by atoms with van der Waals surface area (Å²) >= 11 is 0. The van der Waals surface area contributed by atoms with Crippen LogP contribution in [0.4, 0.5) is 0 Å². The molecule has 0 fully saturated rings. The zero-order valence-electron chi connectivity index (χ0n) is 38.1. The third kappa shape index (κ3) is 6.65. The van der Waals surface area contributed by atoms with Crippen molar-refractivity contribution in [2.45, 2.75) is 62.7 Å². The average Bonchev–Trinajstić information content (AvgIpc) is 3.78. The number of benzene rings is 8. The maximum absolute atomic E-state index is 12.2. The highest BCUT2D eigenvalue weighted by molar-refractivity contribution is 6.28. The van der Waals surface area contributed by atoms with E-state index in [-0.39, 0.29) is 18.6 Å². The fourth-order valence-corrected chi connectivity index (χ4v) is 11.4. The predicted octanol–water partition coefficient (Wildman–Crippen LogP) is 15.1. The van der Waals surface area contributed by atoms with Crippen LogP contribution in [0.1, 0.15) is 74.3 Å². The minimum Gasteiger partial charge on any atom is -0.463 e. The smallest absolute Gasteiger partial charge is 0.330 e. The Morgan fingerprint density at radius 1 is 0.515 bits per heavy atom. The Morgan fingerprint density at radius 3 is 1.53 bits per heavy atom. The van der Waals surface area contributed by atoms with Crippen molar-refractivity contribution in [3.05, 3.63) is 206 Å².